The molecular weight excluding hydrogens is 257 g/mol. The highest BCUT2D eigenvalue weighted by Gasteiger charge is 2.16. The van der Waals surface area contributed by atoms with Crippen molar-refractivity contribution in [1.29, 1.82) is 0 Å². The van der Waals surface area contributed by atoms with Crippen LogP contribution in [0, 0.1) is 5.82 Å². The summed E-state index contributed by atoms with van der Waals surface area (Å²) in [7, 11) is 1.35. The minimum absolute atomic E-state index is 0.136. The van der Waals surface area contributed by atoms with Crippen molar-refractivity contribution in [1.82, 2.24) is 4.98 Å². The largest absolute Gasteiger partial charge is 0.494 e. The van der Waals surface area contributed by atoms with Crippen LogP contribution in [0.3, 0.4) is 0 Å². The number of nitrogens with one attached hydrogen (secondary N) is 1. The van der Waals surface area contributed by atoms with E-state index in [0.29, 0.717) is 17.6 Å². The van der Waals surface area contributed by atoms with Crippen LogP contribution in [0.5, 0.6) is 5.75 Å². The fraction of sp³-hybridized carbons (Fsp3) is 0.308. The normalized spacial score (nSPS) is 11.1. The number of halogens is 3. The van der Waals surface area contributed by atoms with Crippen LogP contribution in [0.4, 0.5) is 18.9 Å². The number of alkyl halides is 2. The number of benzene rings is 1. The molecule has 1 aromatic heterocycles. The average molecular weight is 270 g/mol. The molecule has 2 aromatic rings. The van der Waals surface area contributed by atoms with Gasteiger partial charge in [0.1, 0.15) is 22.8 Å². The van der Waals surface area contributed by atoms with Gasteiger partial charge in [-0.15, -0.1) is 0 Å². The SMILES string of the molecule is CCNc1cc(C(F)F)nc2c(OC)cc(F)cc12. The van der Waals surface area contributed by atoms with E-state index in [-0.39, 0.29) is 17.0 Å². The molecule has 19 heavy (non-hydrogen) atoms. The quantitative estimate of drug-likeness (QED) is 0.918. The molecule has 0 saturated carbocycles. The van der Waals surface area contributed by atoms with Gasteiger partial charge in [-0.3, -0.25) is 0 Å². The molecular formula is C13H13F3N2O. The molecule has 0 bridgehead atoms. The first-order valence-corrected chi connectivity index (χ1v) is 5.77. The van der Waals surface area contributed by atoms with Crippen LogP contribution < -0.4 is 10.1 Å². The number of hydrogen-bond acceptors (Lipinski definition) is 3. The maximum Gasteiger partial charge on any atom is 0.280 e. The molecule has 1 N–H and O–H groups in total. The Morgan fingerprint density at radius 2 is 2.05 bits per heavy atom. The summed E-state index contributed by atoms with van der Waals surface area (Å²) in [6.07, 6.45) is -2.70. The molecule has 0 aliphatic rings. The summed E-state index contributed by atoms with van der Waals surface area (Å²) in [5.74, 6) is -0.369. The second-order valence-corrected chi connectivity index (χ2v) is 3.93. The van der Waals surface area contributed by atoms with Crippen LogP contribution in [-0.2, 0) is 0 Å². The van der Waals surface area contributed by atoms with E-state index in [1.54, 1.807) is 0 Å². The Hall–Kier alpha value is -1.98. The van der Waals surface area contributed by atoms with Gasteiger partial charge in [-0.1, -0.05) is 0 Å². The van der Waals surface area contributed by atoms with Crippen molar-refractivity contribution in [2.75, 3.05) is 19.0 Å². The number of pyridine rings is 1. The van der Waals surface area contributed by atoms with Crippen LogP contribution >= 0.6 is 0 Å². The third-order valence-corrected chi connectivity index (χ3v) is 2.67. The zero-order valence-electron chi connectivity index (χ0n) is 10.5. The fourth-order valence-electron chi connectivity index (χ4n) is 1.89. The fourth-order valence-corrected chi connectivity index (χ4v) is 1.89. The predicted octanol–water partition coefficient (Wildman–Crippen LogP) is 3.75. The van der Waals surface area contributed by atoms with E-state index in [2.05, 4.69) is 10.3 Å². The first-order valence-electron chi connectivity index (χ1n) is 5.77. The third kappa shape index (κ3) is 2.57. The van der Waals surface area contributed by atoms with Crippen molar-refractivity contribution in [2.45, 2.75) is 13.3 Å². The van der Waals surface area contributed by atoms with Crippen LogP contribution in [0.25, 0.3) is 10.9 Å². The monoisotopic (exact) mass is 270 g/mol. The van der Waals surface area contributed by atoms with E-state index >= 15 is 0 Å². The number of fused-ring (bicyclic) bond motifs is 1. The van der Waals surface area contributed by atoms with E-state index in [9.17, 15) is 13.2 Å². The van der Waals surface area contributed by atoms with Crippen LogP contribution in [-0.4, -0.2) is 18.6 Å². The van der Waals surface area contributed by atoms with Crippen molar-refractivity contribution >= 4 is 16.6 Å². The topological polar surface area (TPSA) is 34.2 Å². The van der Waals surface area contributed by atoms with Gasteiger partial charge < -0.3 is 10.1 Å². The minimum Gasteiger partial charge on any atom is -0.494 e. The van der Waals surface area contributed by atoms with Crippen LogP contribution in [0.15, 0.2) is 18.2 Å². The molecule has 0 saturated heterocycles. The second-order valence-electron chi connectivity index (χ2n) is 3.93. The number of rotatable bonds is 4. The Balaban J connectivity index is 2.78. The number of hydrogen-bond donors (Lipinski definition) is 1. The highest BCUT2D eigenvalue weighted by atomic mass is 19.3. The van der Waals surface area contributed by atoms with Crippen molar-refractivity contribution in [3.63, 3.8) is 0 Å². The summed E-state index contributed by atoms with van der Waals surface area (Å²) < 4.78 is 44.1. The molecule has 2 rings (SSSR count). The van der Waals surface area contributed by atoms with Gasteiger partial charge >= 0.3 is 0 Å². The van der Waals surface area contributed by atoms with Crippen LogP contribution in [0.1, 0.15) is 19.0 Å². The third-order valence-electron chi connectivity index (χ3n) is 2.67. The van der Waals surface area contributed by atoms with Crippen molar-refractivity contribution in [3.05, 3.63) is 29.7 Å². The van der Waals surface area contributed by atoms with Gasteiger partial charge in [0.25, 0.3) is 6.43 Å². The lowest BCUT2D eigenvalue weighted by molar-refractivity contribution is 0.146. The molecule has 6 heteroatoms. The van der Waals surface area contributed by atoms with Gasteiger partial charge in [0.2, 0.25) is 0 Å². The van der Waals surface area contributed by atoms with Crippen molar-refractivity contribution in [3.8, 4) is 5.75 Å². The summed E-state index contributed by atoms with van der Waals surface area (Å²) in [4.78, 5) is 3.85. The summed E-state index contributed by atoms with van der Waals surface area (Å²) in [6.45, 7) is 2.35. The van der Waals surface area contributed by atoms with E-state index in [1.165, 1.54) is 19.2 Å². The summed E-state index contributed by atoms with van der Waals surface area (Å²) >= 11 is 0. The number of aromatic nitrogens is 1. The van der Waals surface area contributed by atoms with Crippen molar-refractivity contribution < 1.29 is 17.9 Å². The lowest BCUT2D eigenvalue weighted by Gasteiger charge is -2.12. The number of anilines is 1. The molecule has 0 fully saturated rings. The smallest absolute Gasteiger partial charge is 0.280 e. The number of methoxy groups -OCH3 is 1. The Morgan fingerprint density at radius 3 is 2.63 bits per heavy atom. The van der Waals surface area contributed by atoms with Crippen molar-refractivity contribution in [2.24, 2.45) is 0 Å². The number of ether oxygens (including phenoxy) is 1. The van der Waals surface area contributed by atoms with Gasteiger partial charge in [-0.25, -0.2) is 18.2 Å². The van der Waals surface area contributed by atoms with Gasteiger partial charge in [0, 0.05) is 23.7 Å². The Labute approximate surface area is 108 Å². The molecule has 0 aliphatic carbocycles. The summed E-state index contributed by atoms with van der Waals surface area (Å²) in [5.41, 5.74) is 0.270. The van der Waals surface area contributed by atoms with E-state index in [0.717, 1.165) is 6.07 Å². The summed E-state index contributed by atoms with van der Waals surface area (Å²) in [6, 6.07) is 3.60. The van der Waals surface area contributed by atoms with Crippen LogP contribution in [0.2, 0.25) is 0 Å². The molecule has 102 valence electrons. The Bertz CT molecular complexity index is 602. The molecule has 0 amide bonds. The Morgan fingerprint density at radius 1 is 1.32 bits per heavy atom. The highest BCUT2D eigenvalue weighted by Crippen LogP contribution is 2.33. The highest BCUT2D eigenvalue weighted by molar-refractivity contribution is 5.95. The Kier molecular flexibility index (Phi) is 3.78. The van der Waals surface area contributed by atoms with Gasteiger partial charge in [-0.05, 0) is 19.1 Å². The summed E-state index contributed by atoms with van der Waals surface area (Å²) in [5, 5.41) is 3.35. The van der Waals surface area contributed by atoms with E-state index in [1.807, 2.05) is 6.92 Å². The van der Waals surface area contributed by atoms with Gasteiger partial charge in [0.15, 0.2) is 0 Å². The first kappa shape index (κ1) is 13.5. The second kappa shape index (κ2) is 5.34. The lowest BCUT2D eigenvalue weighted by Crippen LogP contribution is -2.02. The van der Waals surface area contributed by atoms with Gasteiger partial charge in [0.05, 0.1) is 7.11 Å². The molecule has 0 unspecified atom stereocenters. The molecule has 1 aromatic carbocycles. The maximum absolute atomic E-state index is 13.5. The molecule has 1 heterocycles. The standard InChI is InChI=1S/C13H13F3N2O/c1-3-17-9-6-10(13(15)16)18-12-8(9)4-7(14)5-11(12)19-2/h4-6,13H,3H2,1-2H3,(H,17,18). The molecule has 0 spiro atoms. The first-order chi connectivity index (χ1) is 9.06. The number of nitrogens with zero attached hydrogens (tertiary/aromatic N) is 1. The predicted molar refractivity (Wildman–Crippen MR) is 67.4 cm³/mol. The zero-order chi connectivity index (χ0) is 14.0. The van der Waals surface area contributed by atoms with Gasteiger partial charge in [-0.2, -0.15) is 0 Å². The maximum atomic E-state index is 13.5. The molecule has 0 aliphatic heterocycles. The minimum atomic E-state index is -2.70. The van der Waals surface area contributed by atoms with E-state index < -0.39 is 12.2 Å². The molecule has 0 atom stereocenters. The molecule has 0 radical (unpaired) electrons. The molecule has 3 nitrogen and oxygen atoms in total. The average Bonchev–Trinajstić information content (AvgIpc) is 2.38. The van der Waals surface area contributed by atoms with E-state index in [4.69, 9.17) is 4.74 Å². The lowest BCUT2D eigenvalue weighted by atomic mass is 10.1. The zero-order valence-corrected chi connectivity index (χ0v) is 10.5.